The Labute approximate surface area is 179 Å². The lowest BCUT2D eigenvalue weighted by Crippen LogP contribution is -2.38. The molecule has 1 heterocycles. The molecule has 5 nitrogen and oxygen atoms in total. The molecule has 0 atom stereocenters. The maximum Gasteiger partial charge on any atom is 0.191 e. The van der Waals surface area contributed by atoms with Gasteiger partial charge in [0.15, 0.2) is 5.96 Å². The molecule has 1 fully saturated rings. The molecule has 0 radical (unpaired) electrons. The van der Waals surface area contributed by atoms with Gasteiger partial charge in [0.25, 0.3) is 0 Å². The van der Waals surface area contributed by atoms with E-state index >= 15 is 0 Å². The molecule has 1 aromatic carbocycles. The lowest BCUT2D eigenvalue weighted by Gasteiger charge is -2.17. The maximum absolute atomic E-state index is 5.45. The molecule has 0 spiro atoms. The van der Waals surface area contributed by atoms with Crippen LogP contribution in [0.25, 0.3) is 0 Å². The third-order valence-corrected chi connectivity index (χ3v) is 4.57. The van der Waals surface area contributed by atoms with Gasteiger partial charge in [-0.05, 0) is 56.0 Å². The van der Waals surface area contributed by atoms with Crippen molar-refractivity contribution >= 4 is 29.9 Å². The largest absolute Gasteiger partial charge is 0.468 e. The van der Waals surface area contributed by atoms with Crippen LogP contribution in [-0.4, -0.2) is 31.0 Å². The molecule has 3 rings (SSSR count). The van der Waals surface area contributed by atoms with Gasteiger partial charge in [0, 0.05) is 19.6 Å². The molecule has 0 saturated heterocycles. The van der Waals surface area contributed by atoms with Gasteiger partial charge in [-0.25, -0.2) is 4.99 Å². The highest BCUT2D eigenvalue weighted by atomic mass is 127. The zero-order valence-corrected chi connectivity index (χ0v) is 18.6. The summed E-state index contributed by atoms with van der Waals surface area (Å²) in [6.07, 6.45) is 4.41. The average molecular weight is 482 g/mol. The fourth-order valence-electron chi connectivity index (χ4n) is 2.95. The van der Waals surface area contributed by atoms with Crippen molar-refractivity contribution in [2.75, 3.05) is 20.1 Å². The average Bonchev–Trinajstić information content (AvgIpc) is 3.33. The van der Waals surface area contributed by atoms with E-state index in [0.717, 1.165) is 43.8 Å². The van der Waals surface area contributed by atoms with Gasteiger partial charge < -0.3 is 15.1 Å². The molecule has 27 heavy (non-hydrogen) atoms. The van der Waals surface area contributed by atoms with Gasteiger partial charge in [-0.15, -0.1) is 24.0 Å². The minimum atomic E-state index is 0. The summed E-state index contributed by atoms with van der Waals surface area (Å²) >= 11 is 0. The molecule has 1 saturated carbocycles. The van der Waals surface area contributed by atoms with E-state index < -0.39 is 0 Å². The first-order chi connectivity index (χ1) is 12.7. The maximum atomic E-state index is 5.45. The van der Waals surface area contributed by atoms with Crippen LogP contribution in [0.4, 0.5) is 0 Å². The molecule has 148 valence electrons. The predicted molar refractivity (Wildman–Crippen MR) is 121 cm³/mol. The van der Waals surface area contributed by atoms with Crippen molar-refractivity contribution in [3.8, 4) is 0 Å². The zero-order chi connectivity index (χ0) is 18.2. The highest BCUT2D eigenvalue weighted by Gasteiger charge is 2.21. The molecule has 0 unspecified atom stereocenters. The normalized spacial score (nSPS) is 14.1. The second-order valence-electron chi connectivity index (χ2n) is 7.04. The zero-order valence-electron chi connectivity index (χ0n) is 16.3. The lowest BCUT2D eigenvalue weighted by atomic mass is 10.1. The molecule has 0 bridgehead atoms. The van der Waals surface area contributed by atoms with E-state index in [1.54, 1.807) is 6.26 Å². The van der Waals surface area contributed by atoms with Crippen molar-refractivity contribution < 1.29 is 4.42 Å². The van der Waals surface area contributed by atoms with E-state index in [1.807, 2.05) is 12.1 Å². The van der Waals surface area contributed by atoms with E-state index in [2.05, 4.69) is 53.8 Å². The summed E-state index contributed by atoms with van der Waals surface area (Å²) < 4.78 is 5.45. The molecule has 0 amide bonds. The number of guanidine groups is 1. The molecule has 1 aromatic heterocycles. The Morgan fingerprint density at radius 2 is 1.89 bits per heavy atom. The molecule has 2 aromatic rings. The molecule has 1 aliphatic rings. The number of nitrogens with one attached hydrogen (secondary N) is 2. The van der Waals surface area contributed by atoms with Crippen LogP contribution in [0.2, 0.25) is 0 Å². The Morgan fingerprint density at radius 1 is 1.11 bits per heavy atom. The van der Waals surface area contributed by atoms with Crippen LogP contribution in [0.15, 0.2) is 52.1 Å². The minimum Gasteiger partial charge on any atom is -0.468 e. The van der Waals surface area contributed by atoms with E-state index in [-0.39, 0.29) is 24.0 Å². The van der Waals surface area contributed by atoms with Crippen molar-refractivity contribution in [3.05, 3.63) is 59.5 Å². The summed E-state index contributed by atoms with van der Waals surface area (Å²) in [7, 11) is 2.11. The van der Waals surface area contributed by atoms with E-state index in [4.69, 9.17) is 9.41 Å². The highest BCUT2D eigenvalue weighted by molar-refractivity contribution is 14.0. The first-order valence-corrected chi connectivity index (χ1v) is 9.54. The molecule has 2 N–H and O–H groups in total. The van der Waals surface area contributed by atoms with Crippen molar-refractivity contribution in [3.63, 3.8) is 0 Å². The quantitative estimate of drug-likeness (QED) is 0.323. The Morgan fingerprint density at radius 3 is 2.56 bits per heavy atom. The van der Waals surface area contributed by atoms with E-state index in [0.29, 0.717) is 6.54 Å². The van der Waals surface area contributed by atoms with E-state index in [1.165, 1.54) is 24.0 Å². The number of nitrogens with zero attached hydrogens (tertiary/aromatic N) is 2. The van der Waals surface area contributed by atoms with E-state index in [9.17, 15) is 0 Å². The molecule has 1 aliphatic carbocycles. The van der Waals surface area contributed by atoms with Gasteiger partial charge in [0.2, 0.25) is 0 Å². The second kappa shape index (κ2) is 11.3. The second-order valence-corrected chi connectivity index (χ2v) is 7.04. The van der Waals surface area contributed by atoms with Gasteiger partial charge >= 0.3 is 0 Å². The van der Waals surface area contributed by atoms with Crippen molar-refractivity contribution in [2.24, 2.45) is 10.9 Å². The molecule has 0 aliphatic heterocycles. The van der Waals surface area contributed by atoms with Gasteiger partial charge in [-0.1, -0.05) is 24.3 Å². The topological polar surface area (TPSA) is 52.8 Å². The standard InChI is InChI=1S/C21H30N4O.HI/c1-3-22-21(23-13-17-10-11-17)24-14-18-7-4-5-8-19(18)15-25(2)16-20-9-6-12-26-20;/h4-9,12,17H,3,10-11,13-16H2,1-2H3,(H2,22,23,24);1H. The van der Waals surface area contributed by atoms with Gasteiger partial charge in [-0.2, -0.15) is 0 Å². The molecule has 6 heteroatoms. The summed E-state index contributed by atoms with van der Waals surface area (Å²) in [5.41, 5.74) is 2.57. The predicted octanol–water partition coefficient (Wildman–Crippen LogP) is 3.99. The van der Waals surface area contributed by atoms with Crippen LogP contribution in [0.5, 0.6) is 0 Å². The Hall–Kier alpha value is -1.54. The lowest BCUT2D eigenvalue weighted by molar-refractivity contribution is 0.287. The number of benzene rings is 1. The van der Waals surface area contributed by atoms with Gasteiger partial charge in [0.1, 0.15) is 5.76 Å². The number of aliphatic imine (C=N–C) groups is 1. The number of halogens is 1. The van der Waals surface area contributed by atoms with Gasteiger partial charge in [-0.3, -0.25) is 4.90 Å². The smallest absolute Gasteiger partial charge is 0.191 e. The Kier molecular flexibility index (Phi) is 9.14. The number of rotatable bonds is 9. The minimum absolute atomic E-state index is 0. The summed E-state index contributed by atoms with van der Waals surface area (Å²) in [5, 5.41) is 6.80. The van der Waals surface area contributed by atoms with Crippen LogP contribution >= 0.6 is 24.0 Å². The molecular formula is C21H31IN4O. The summed E-state index contributed by atoms with van der Waals surface area (Å²) in [6, 6.07) is 12.5. The third-order valence-electron chi connectivity index (χ3n) is 4.57. The van der Waals surface area contributed by atoms with Crippen molar-refractivity contribution in [1.82, 2.24) is 15.5 Å². The van der Waals surface area contributed by atoms with Crippen LogP contribution < -0.4 is 10.6 Å². The summed E-state index contributed by atoms with van der Waals surface area (Å²) in [5.74, 6) is 2.74. The van der Waals surface area contributed by atoms with Crippen LogP contribution in [0.1, 0.15) is 36.7 Å². The Balaban J connectivity index is 0.00000261. The SMILES string of the molecule is CCNC(=NCc1ccccc1CN(C)Cc1ccco1)NCC1CC1.I. The summed E-state index contributed by atoms with van der Waals surface area (Å²) in [4.78, 5) is 7.05. The molecular weight excluding hydrogens is 451 g/mol. The monoisotopic (exact) mass is 482 g/mol. The van der Waals surface area contributed by atoms with Crippen molar-refractivity contribution in [1.29, 1.82) is 0 Å². The Bertz CT molecular complexity index is 698. The first-order valence-electron chi connectivity index (χ1n) is 9.54. The number of hydrogen-bond donors (Lipinski definition) is 2. The van der Waals surface area contributed by atoms with Crippen LogP contribution in [0.3, 0.4) is 0 Å². The van der Waals surface area contributed by atoms with Crippen LogP contribution in [-0.2, 0) is 19.6 Å². The third kappa shape index (κ3) is 7.54. The van der Waals surface area contributed by atoms with Gasteiger partial charge in [0.05, 0.1) is 19.4 Å². The highest BCUT2D eigenvalue weighted by Crippen LogP contribution is 2.27. The fraction of sp³-hybridized carbons (Fsp3) is 0.476. The number of hydrogen-bond acceptors (Lipinski definition) is 3. The van der Waals surface area contributed by atoms with Crippen molar-refractivity contribution in [2.45, 2.75) is 39.4 Å². The van der Waals surface area contributed by atoms with Crippen LogP contribution in [0, 0.1) is 5.92 Å². The summed E-state index contributed by atoms with van der Waals surface area (Å²) in [6.45, 7) is 6.37. The number of furan rings is 1. The fourth-order valence-corrected chi connectivity index (χ4v) is 2.95. The first kappa shape index (κ1) is 21.8.